The van der Waals surface area contributed by atoms with Crippen LogP contribution in [0.25, 0.3) is 0 Å². The first kappa shape index (κ1) is 10.2. The standard InChI is InChI=1S/C11H16N2O2/c1-7-8(5-13(4)12-7)11(9(14)15)6-10(11,2)3/h5H,6H2,1-4H3,(H,14,15). The number of rotatable bonds is 2. The fourth-order valence-electron chi connectivity index (χ4n) is 2.58. The van der Waals surface area contributed by atoms with Crippen LogP contribution >= 0.6 is 0 Å². The van der Waals surface area contributed by atoms with Crippen molar-refractivity contribution in [1.82, 2.24) is 9.78 Å². The Morgan fingerprint density at radius 3 is 2.40 bits per heavy atom. The summed E-state index contributed by atoms with van der Waals surface area (Å²) in [6.07, 6.45) is 2.53. The molecule has 1 heterocycles. The van der Waals surface area contributed by atoms with Gasteiger partial charge in [0, 0.05) is 18.8 Å². The van der Waals surface area contributed by atoms with Gasteiger partial charge in [-0.2, -0.15) is 5.10 Å². The van der Waals surface area contributed by atoms with E-state index in [1.807, 2.05) is 34.0 Å². The molecule has 1 unspecified atom stereocenters. The number of hydrogen-bond acceptors (Lipinski definition) is 2. The van der Waals surface area contributed by atoms with Crippen LogP contribution in [-0.2, 0) is 17.3 Å². The fraction of sp³-hybridized carbons (Fsp3) is 0.636. The number of carboxylic acids is 1. The molecule has 1 N–H and O–H groups in total. The van der Waals surface area contributed by atoms with Crippen molar-refractivity contribution in [2.24, 2.45) is 12.5 Å². The van der Waals surface area contributed by atoms with E-state index < -0.39 is 11.4 Å². The zero-order valence-corrected chi connectivity index (χ0v) is 9.53. The molecule has 2 rings (SSSR count). The number of carbonyl (C=O) groups is 1. The molecule has 1 aliphatic rings. The van der Waals surface area contributed by atoms with Crippen LogP contribution in [0.1, 0.15) is 31.5 Å². The molecular formula is C11H16N2O2. The van der Waals surface area contributed by atoms with Gasteiger partial charge < -0.3 is 5.11 Å². The summed E-state index contributed by atoms with van der Waals surface area (Å²) < 4.78 is 1.68. The highest BCUT2D eigenvalue weighted by Gasteiger charge is 2.68. The first-order valence-electron chi connectivity index (χ1n) is 5.05. The highest BCUT2D eigenvalue weighted by molar-refractivity contribution is 5.87. The summed E-state index contributed by atoms with van der Waals surface area (Å²) in [5.74, 6) is -0.733. The minimum Gasteiger partial charge on any atom is -0.481 e. The summed E-state index contributed by atoms with van der Waals surface area (Å²) in [6.45, 7) is 5.86. The maximum atomic E-state index is 11.4. The molecule has 1 fully saturated rings. The van der Waals surface area contributed by atoms with Crippen molar-refractivity contribution >= 4 is 5.97 Å². The van der Waals surface area contributed by atoms with Crippen molar-refractivity contribution < 1.29 is 9.90 Å². The average molecular weight is 208 g/mol. The number of aliphatic carboxylic acids is 1. The zero-order chi connectivity index (χ0) is 11.4. The maximum absolute atomic E-state index is 11.4. The number of nitrogens with zero attached hydrogens (tertiary/aromatic N) is 2. The van der Waals surface area contributed by atoms with E-state index in [1.165, 1.54) is 0 Å². The smallest absolute Gasteiger partial charge is 0.314 e. The van der Waals surface area contributed by atoms with E-state index in [0.717, 1.165) is 11.3 Å². The maximum Gasteiger partial charge on any atom is 0.314 e. The third kappa shape index (κ3) is 1.14. The molecule has 0 saturated heterocycles. The van der Waals surface area contributed by atoms with Crippen molar-refractivity contribution in [3.8, 4) is 0 Å². The van der Waals surface area contributed by atoms with E-state index in [4.69, 9.17) is 0 Å². The Morgan fingerprint density at radius 2 is 2.13 bits per heavy atom. The molecule has 1 aromatic rings. The summed E-state index contributed by atoms with van der Waals surface area (Å²) in [4.78, 5) is 11.4. The first-order valence-corrected chi connectivity index (χ1v) is 5.05. The van der Waals surface area contributed by atoms with Crippen LogP contribution in [0, 0.1) is 12.3 Å². The molecule has 1 saturated carbocycles. The average Bonchev–Trinajstić information content (AvgIpc) is 2.50. The Labute approximate surface area is 88.9 Å². The highest BCUT2D eigenvalue weighted by Crippen LogP contribution is 2.64. The third-order valence-corrected chi connectivity index (χ3v) is 3.58. The van der Waals surface area contributed by atoms with E-state index >= 15 is 0 Å². The van der Waals surface area contributed by atoms with Crippen LogP contribution in [0.3, 0.4) is 0 Å². The van der Waals surface area contributed by atoms with Crippen molar-refractivity contribution in [2.45, 2.75) is 32.6 Å². The minimum atomic E-state index is -0.733. The quantitative estimate of drug-likeness (QED) is 0.801. The second-order valence-corrected chi connectivity index (χ2v) is 5.07. The Hall–Kier alpha value is -1.32. The summed E-state index contributed by atoms with van der Waals surface area (Å²) in [7, 11) is 1.82. The lowest BCUT2D eigenvalue weighted by Crippen LogP contribution is -2.25. The van der Waals surface area contributed by atoms with Crippen LogP contribution in [-0.4, -0.2) is 20.9 Å². The van der Waals surface area contributed by atoms with Gasteiger partial charge in [-0.25, -0.2) is 0 Å². The number of hydrogen-bond donors (Lipinski definition) is 1. The lowest BCUT2D eigenvalue weighted by Gasteiger charge is -2.14. The van der Waals surface area contributed by atoms with Crippen molar-refractivity contribution in [2.75, 3.05) is 0 Å². The normalized spacial score (nSPS) is 27.7. The van der Waals surface area contributed by atoms with Crippen LogP contribution in [0.5, 0.6) is 0 Å². The second-order valence-electron chi connectivity index (χ2n) is 5.07. The van der Waals surface area contributed by atoms with Crippen molar-refractivity contribution in [3.05, 3.63) is 17.5 Å². The molecule has 1 aromatic heterocycles. The molecule has 82 valence electrons. The molecule has 0 aromatic carbocycles. The molecule has 4 heteroatoms. The molecule has 0 radical (unpaired) electrons. The molecule has 1 aliphatic carbocycles. The molecule has 0 amide bonds. The van der Waals surface area contributed by atoms with Crippen LogP contribution in [0.2, 0.25) is 0 Å². The van der Waals surface area contributed by atoms with Crippen molar-refractivity contribution in [3.63, 3.8) is 0 Å². The van der Waals surface area contributed by atoms with E-state index in [0.29, 0.717) is 6.42 Å². The van der Waals surface area contributed by atoms with Gasteiger partial charge in [-0.3, -0.25) is 9.48 Å². The fourth-order valence-corrected chi connectivity index (χ4v) is 2.58. The summed E-state index contributed by atoms with van der Waals surface area (Å²) in [5, 5.41) is 13.6. The van der Waals surface area contributed by atoms with Gasteiger partial charge in [-0.1, -0.05) is 13.8 Å². The summed E-state index contributed by atoms with van der Waals surface area (Å²) in [6, 6.07) is 0. The summed E-state index contributed by atoms with van der Waals surface area (Å²) >= 11 is 0. The van der Waals surface area contributed by atoms with Gasteiger partial charge in [0.25, 0.3) is 0 Å². The Balaban J connectivity index is 2.54. The summed E-state index contributed by atoms with van der Waals surface area (Å²) in [5.41, 5.74) is 0.811. The molecule has 1 atom stereocenters. The molecular weight excluding hydrogens is 192 g/mol. The minimum absolute atomic E-state index is 0.160. The Kier molecular flexibility index (Phi) is 1.78. The SMILES string of the molecule is Cc1nn(C)cc1C1(C(=O)O)CC1(C)C. The van der Waals surface area contributed by atoms with Crippen LogP contribution in [0.4, 0.5) is 0 Å². The lowest BCUT2D eigenvalue weighted by atomic mass is 9.88. The predicted molar refractivity (Wildman–Crippen MR) is 55.7 cm³/mol. The number of aryl methyl sites for hydroxylation is 2. The first-order chi connectivity index (χ1) is 6.81. The van der Waals surface area contributed by atoms with Gasteiger partial charge in [0.2, 0.25) is 0 Å². The van der Waals surface area contributed by atoms with Crippen LogP contribution in [0.15, 0.2) is 6.20 Å². The van der Waals surface area contributed by atoms with Gasteiger partial charge >= 0.3 is 5.97 Å². The largest absolute Gasteiger partial charge is 0.481 e. The topological polar surface area (TPSA) is 55.1 Å². The zero-order valence-electron chi connectivity index (χ0n) is 9.53. The van der Waals surface area contributed by atoms with Gasteiger partial charge in [0.1, 0.15) is 5.41 Å². The Bertz CT molecular complexity index is 434. The number of carboxylic acid groups (broad SMARTS) is 1. The van der Waals surface area contributed by atoms with Gasteiger partial charge in [-0.05, 0) is 18.8 Å². The molecule has 15 heavy (non-hydrogen) atoms. The lowest BCUT2D eigenvalue weighted by molar-refractivity contribution is -0.141. The molecule has 0 spiro atoms. The van der Waals surface area contributed by atoms with Gasteiger partial charge in [0.05, 0.1) is 5.69 Å². The van der Waals surface area contributed by atoms with E-state index in [1.54, 1.807) is 4.68 Å². The van der Waals surface area contributed by atoms with Crippen LogP contribution < -0.4 is 0 Å². The highest BCUT2D eigenvalue weighted by atomic mass is 16.4. The van der Waals surface area contributed by atoms with Gasteiger partial charge in [0.15, 0.2) is 0 Å². The second kappa shape index (κ2) is 2.62. The van der Waals surface area contributed by atoms with E-state index in [2.05, 4.69) is 5.10 Å². The monoisotopic (exact) mass is 208 g/mol. The van der Waals surface area contributed by atoms with Crippen molar-refractivity contribution in [1.29, 1.82) is 0 Å². The van der Waals surface area contributed by atoms with E-state index in [9.17, 15) is 9.90 Å². The third-order valence-electron chi connectivity index (χ3n) is 3.58. The predicted octanol–water partition coefficient (Wildman–Crippen LogP) is 1.48. The Morgan fingerprint density at radius 1 is 1.60 bits per heavy atom. The van der Waals surface area contributed by atoms with E-state index in [-0.39, 0.29) is 5.41 Å². The molecule has 4 nitrogen and oxygen atoms in total. The molecule has 0 aliphatic heterocycles. The number of aromatic nitrogens is 2. The van der Waals surface area contributed by atoms with Gasteiger partial charge in [-0.15, -0.1) is 0 Å². The molecule has 0 bridgehead atoms.